The van der Waals surface area contributed by atoms with Gasteiger partial charge in [-0.1, -0.05) is 31.2 Å². The minimum atomic E-state index is 0.0587. The SMILES string of the molecule is CCC(=O)Nc1ccc(CCN2CCN(c3n[nH]c4ccccc34)CC2)cc1C. The van der Waals surface area contributed by atoms with Crippen LogP contribution < -0.4 is 10.2 Å². The first-order chi connectivity index (χ1) is 14.1. The number of hydrogen-bond donors (Lipinski definition) is 2. The van der Waals surface area contributed by atoms with E-state index >= 15 is 0 Å². The number of aromatic amines is 1. The number of benzene rings is 2. The molecule has 6 heteroatoms. The Morgan fingerprint density at radius 3 is 2.69 bits per heavy atom. The maximum Gasteiger partial charge on any atom is 0.224 e. The molecule has 2 aromatic carbocycles. The van der Waals surface area contributed by atoms with Gasteiger partial charge in [0.1, 0.15) is 0 Å². The summed E-state index contributed by atoms with van der Waals surface area (Å²) in [6.45, 7) is 9.06. The number of aryl methyl sites for hydroxylation is 1. The molecule has 2 N–H and O–H groups in total. The number of fused-ring (bicyclic) bond motifs is 1. The van der Waals surface area contributed by atoms with Crippen molar-refractivity contribution in [2.75, 3.05) is 42.9 Å². The van der Waals surface area contributed by atoms with Crippen molar-refractivity contribution >= 4 is 28.3 Å². The fourth-order valence-corrected chi connectivity index (χ4v) is 3.92. The predicted octanol–water partition coefficient (Wildman–Crippen LogP) is 3.58. The van der Waals surface area contributed by atoms with Crippen LogP contribution >= 0.6 is 0 Å². The van der Waals surface area contributed by atoms with Crippen LogP contribution in [-0.2, 0) is 11.2 Å². The van der Waals surface area contributed by atoms with E-state index in [0.29, 0.717) is 6.42 Å². The lowest BCUT2D eigenvalue weighted by atomic mass is 10.1. The Hall–Kier alpha value is -2.86. The average Bonchev–Trinajstić information content (AvgIpc) is 3.18. The third-order valence-corrected chi connectivity index (χ3v) is 5.72. The van der Waals surface area contributed by atoms with Crippen LogP contribution in [0.4, 0.5) is 11.5 Å². The van der Waals surface area contributed by atoms with Crippen molar-refractivity contribution in [3.63, 3.8) is 0 Å². The molecule has 0 unspecified atom stereocenters. The van der Waals surface area contributed by atoms with Gasteiger partial charge in [-0.2, -0.15) is 5.10 Å². The maximum absolute atomic E-state index is 11.6. The Morgan fingerprint density at radius 1 is 1.14 bits per heavy atom. The predicted molar refractivity (Wildman–Crippen MR) is 119 cm³/mol. The van der Waals surface area contributed by atoms with Crippen LogP contribution in [0.1, 0.15) is 24.5 Å². The van der Waals surface area contributed by atoms with E-state index in [4.69, 9.17) is 0 Å². The first-order valence-corrected chi connectivity index (χ1v) is 10.4. The number of nitrogens with one attached hydrogen (secondary N) is 2. The molecule has 29 heavy (non-hydrogen) atoms. The summed E-state index contributed by atoms with van der Waals surface area (Å²) in [6.07, 6.45) is 1.52. The average molecular weight is 392 g/mol. The molecule has 2 heterocycles. The van der Waals surface area contributed by atoms with Crippen LogP contribution in [-0.4, -0.2) is 53.7 Å². The summed E-state index contributed by atoms with van der Waals surface area (Å²) in [7, 11) is 0. The number of carbonyl (C=O) groups is 1. The normalized spacial score (nSPS) is 15.0. The number of amides is 1. The lowest BCUT2D eigenvalue weighted by Gasteiger charge is -2.35. The van der Waals surface area contributed by atoms with E-state index in [1.54, 1.807) is 0 Å². The summed E-state index contributed by atoms with van der Waals surface area (Å²) in [6, 6.07) is 14.7. The van der Waals surface area contributed by atoms with Gasteiger partial charge in [-0.05, 0) is 42.7 Å². The van der Waals surface area contributed by atoms with E-state index in [1.807, 2.05) is 19.1 Å². The van der Waals surface area contributed by atoms with Crippen molar-refractivity contribution in [3.05, 3.63) is 53.6 Å². The molecule has 152 valence electrons. The van der Waals surface area contributed by atoms with Gasteiger partial charge in [0, 0.05) is 50.2 Å². The van der Waals surface area contributed by atoms with Crippen LogP contribution in [0.2, 0.25) is 0 Å². The Labute approximate surface area is 171 Å². The van der Waals surface area contributed by atoms with Crippen LogP contribution in [0.5, 0.6) is 0 Å². The van der Waals surface area contributed by atoms with Crippen molar-refractivity contribution < 1.29 is 4.79 Å². The zero-order valence-corrected chi connectivity index (χ0v) is 17.2. The second kappa shape index (κ2) is 8.66. The summed E-state index contributed by atoms with van der Waals surface area (Å²) in [5.41, 5.74) is 4.46. The summed E-state index contributed by atoms with van der Waals surface area (Å²) < 4.78 is 0. The summed E-state index contributed by atoms with van der Waals surface area (Å²) in [5.74, 6) is 1.13. The topological polar surface area (TPSA) is 64.3 Å². The molecule has 0 radical (unpaired) electrons. The Balaban J connectivity index is 1.30. The first kappa shape index (κ1) is 19.5. The minimum Gasteiger partial charge on any atom is -0.352 e. The van der Waals surface area contributed by atoms with Gasteiger partial charge >= 0.3 is 0 Å². The monoisotopic (exact) mass is 391 g/mol. The molecule has 0 bridgehead atoms. The second-order valence-corrected chi connectivity index (χ2v) is 7.72. The highest BCUT2D eigenvalue weighted by Crippen LogP contribution is 2.24. The molecule has 3 aromatic rings. The molecule has 1 saturated heterocycles. The number of rotatable bonds is 6. The number of aromatic nitrogens is 2. The maximum atomic E-state index is 11.6. The zero-order valence-electron chi connectivity index (χ0n) is 17.2. The number of anilines is 2. The smallest absolute Gasteiger partial charge is 0.224 e. The Morgan fingerprint density at radius 2 is 1.93 bits per heavy atom. The second-order valence-electron chi connectivity index (χ2n) is 7.72. The number of piperazine rings is 1. The molecular formula is C23H29N5O. The first-order valence-electron chi connectivity index (χ1n) is 10.4. The fraction of sp³-hybridized carbons (Fsp3) is 0.391. The largest absolute Gasteiger partial charge is 0.352 e. The molecule has 0 spiro atoms. The molecule has 6 nitrogen and oxygen atoms in total. The lowest BCUT2D eigenvalue weighted by molar-refractivity contribution is -0.115. The van der Waals surface area contributed by atoms with Crippen molar-refractivity contribution in [2.24, 2.45) is 0 Å². The van der Waals surface area contributed by atoms with Crippen LogP contribution in [0.25, 0.3) is 10.9 Å². The molecule has 1 aliphatic heterocycles. The molecule has 1 aromatic heterocycles. The molecule has 1 fully saturated rings. The summed E-state index contributed by atoms with van der Waals surface area (Å²) in [4.78, 5) is 16.5. The fourth-order valence-electron chi connectivity index (χ4n) is 3.92. The van der Waals surface area contributed by atoms with Gasteiger partial charge in [0.05, 0.1) is 5.52 Å². The van der Waals surface area contributed by atoms with E-state index in [9.17, 15) is 4.79 Å². The standard InChI is InChI=1S/C23H29N5O/c1-3-22(29)24-20-9-8-18(16-17(20)2)10-11-27-12-14-28(15-13-27)23-19-6-4-5-7-21(19)25-26-23/h4-9,16H,3,10-15H2,1-2H3,(H,24,29)(H,25,26). The Bertz CT molecular complexity index is 988. The van der Waals surface area contributed by atoms with Crippen LogP contribution in [0.3, 0.4) is 0 Å². The minimum absolute atomic E-state index is 0.0587. The zero-order chi connectivity index (χ0) is 20.2. The van der Waals surface area contributed by atoms with Crippen molar-refractivity contribution in [1.29, 1.82) is 0 Å². The highest BCUT2D eigenvalue weighted by atomic mass is 16.1. The molecule has 4 rings (SSSR count). The van der Waals surface area contributed by atoms with Crippen molar-refractivity contribution in [2.45, 2.75) is 26.7 Å². The molecule has 0 aliphatic carbocycles. The summed E-state index contributed by atoms with van der Waals surface area (Å²) >= 11 is 0. The number of hydrogen-bond acceptors (Lipinski definition) is 4. The number of H-pyrrole nitrogens is 1. The number of carbonyl (C=O) groups excluding carboxylic acids is 1. The van der Waals surface area contributed by atoms with Gasteiger partial charge in [0.2, 0.25) is 5.91 Å². The van der Waals surface area contributed by atoms with E-state index in [-0.39, 0.29) is 5.91 Å². The van der Waals surface area contributed by atoms with E-state index in [2.05, 4.69) is 62.6 Å². The molecule has 0 saturated carbocycles. The van der Waals surface area contributed by atoms with Crippen molar-refractivity contribution in [3.8, 4) is 0 Å². The van der Waals surface area contributed by atoms with Gasteiger partial charge in [0.15, 0.2) is 5.82 Å². The molecule has 1 amide bonds. The highest BCUT2D eigenvalue weighted by molar-refractivity contribution is 5.91. The van der Waals surface area contributed by atoms with Gasteiger partial charge in [-0.3, -0.25) is 14.8 Å². The highest BCUT2D eigenvalue weighted by Gasteiger charge is 2.20. The number of nitrogens with zero attached hydrogens (tertiary/aromatic N) is 3. The quantitative estimate of drug-likeness (QED) is 0.674. The van der Waals surface area contributed by atoms with Gasteiger partial charge < -0.3 is 10.2 Å². The third kappa shape index (κ3) is 4.43. The Kier molecular flexibility index (Phi) is 5.81. The third-order valence-electron chi connectivity index (χ3n) is 5.72. The molecular weight excluding hydrogens is 362 g/mol. The van der Waals surface area contributed by atoms with Gasteiger partial charge in [0.25, 0.3) is 0 Å². The van der Waals surface area contributed by atoms with E-state index in [1.165, 1.54) is 10.9 Å². The lowest BCUT2D eigenvalue weighted by Crippen LogP contribution is -2.47. The van der Waals surface area contributed by atoms with Gasteiger partial charge in [-0.25, -0.2) is 0 Å². The number of para-hydroxylation sites is 1. The van der Waals surface area contributed by atoms with Crippen LogP contribution in [0, 0.1) is 6.92 Å². The van der Waals surface area contributed by atoms with Crippen molar-refractivity contribution in [1.82, 2.24) is 15.1 Å². The van der Waals surface area contributed by atoms with Gasteiger partial charge in [-0.15, -0.1) is 0 Å². The van der Waals surface area contributed by atoms with E-state index < -0.39 is 0 Å². The summed E-state index contributed by atoms with van der Waals surface area (Å²) in [5, 5.41) is 11.8. The molecule has 1 aliphatic rings. The van der Waals surface area contributed by atoms with Crippen LogP contribution in [0.15, 0.2) is 42.5 Å². The van der Waals surface area contributed by atoms with E-state index in [0.717, 1.165) is 61.7 Å². The molecule has 0 atom stereocenters.